The number of carbonyl (C=O) groups is 2. The summed E-state index contributed by atoms with van der Waals surface area (Å²) in [5.74, 6) is 0.479. The number of hydrogen-bond donors (Lipinski definition) is 1. The van der Waals surface area contributed by atoms with Gasteiger partial charge in [0.1, 0.15) is 10.6 Å². The average Bonchev–Trinajstić information content (AvgIpc) is 2.99. The molecule has 0 aliphatic heterocycles. The fourth-order valence-corrected chi connectivity index (χ4v) is 3.99. The number of halogens is 1. The third-order valence-corrected chi connectivity index (χ3v) is 5.76. The van der Waals surface area contributed by atoms with E-state index in [0.717, 1.165) is 21.4 Å². The number of likely N-dealkylation sites (N-methyl/N-ethyl adjacent to an activating group) is 1. The second-order valence-corrected chi connectivity index (χ2v) is 7.65. The molecule has 0 aliphatic carbocycles. The third-order valence-electron chi connectivity index (χ3n) is 4.11. The van der Waals surface area contributed by atoms with Gasteiger partial charge in [-0.2, -0.15) is 0 Å². The first kappa shape index (κ1) is 19.2. The molecule has 0 spiro atoms. The third kappa shape index (κ3) is 4.23. The summed E-state index contributed by atoms with van der Waals surface area (Å²) >= 11 is 7.71. The lowest BCUT2D eigenvalue weighted by Gasteiger charge is -2.10. The van der Waals surface area contributed by atoms with Crippen molar-refractivity contribution in [3.8, 4) is 5.75 Å². The molecule has 0 saturated heterocycles. The van der Waals surface area contributed by atoms with Gasteiger partial charge in [0.2, 0.25) is 5.91 Å². The summed E-state index contributed by atoms with van der Waals surface area (Å²) < 4.78 is 6.11. The van der Waals surface area contributed by atoms with Crippen LogP contribution < -0.4 is 10.1 Å². The number of anilines is 1. The SMILES string of the molecule is COc1ccc2c(Cl)c(C(=O)Nc3ccc(CC(=O)N(C)C)cc3)sc2c1. The second kappa shape index (κ2) is 7.98. The standard InChI is InChI=1S/C20H19ClN2O3S/c1-23(2)17(24)10-12-4-6-13(7-5-12)22-20(25)19-18(21)15-9-8-14(26-3)11-16(15)27-19/h4-9,11H,10H2,1-3H3,(H,22,25). The predicted octanol–water partition coefficient (Wildman–Crippen LogP) is 4.45. The maximum atomic E-state index is 12.6. The van der Waals surface area contributed by atoms with Gasteiger partial charge in [-0.15, -0.1) is 11.3 Å². The number of nitrogens with one attached hydrogen (secondary N) is 1. The Hall–Kier alpha value is -2.57. The number of fused-ring (bicyclic) bond motifs is 1. The van der Waals surface area contributed by atoms with Crippen LogP contribution in [0.15, 0.2) is 42.5 Å². The highest BCUT2D eigenvalue weighted by molar-refractivity contribution is 7.21. The van der Waals surface area contributed by atoms with Crippen LogP contribution in [0, 0.1) is 0 Å². The first-order chi connectivity index (χ1) is 12.9. The molecule has 2 amide bonds. The maximum Gasteiger partial charge on any atom is 0.267 e. The minimum atomic E-state index is -0.266. The molecule has 0 aliphatic rings. The molecule has 5 nitrogen and oxygen atoms in total. The van der Waals surface area contributed by atoms with Crippen LogP contribution in [0.3, 0.4) is 0 Å². The Morgan fingerprint density at radius 2 is 1.85 bits per heavy atom. The van der Waals surface area contributed by atoms with E-state index < -0.39 is 0 Å². The molecule has 0 atom stereocenters. The van der Waals surface area contributed by atoms with Crippen molar-refractivity contribution in [2.24, 2.45) is 0 Å². The summed E-state index contributed by atoms with van der Waals surface area (Å²) in [6.45, 7) is 0. The molecule has 0 fully saturated rings. The first-order valence-corrected chi connectivity index (χ1v) is 9.45. The van der Waals surface area contributed by atoms with Gasteiger partial charge < -0.3 is 15.0 Å². The monoisotopic (exact) mass is 402 g/mol. The number of nitrogens with zero attached hydrogens (tertiary/aromatic N) is 1. The van der Waals surface area contributed by atoms with E-state index >= 15 is 0 Å². The van der Waals surface area contributed by atoms with Crippen molar-refractivity contribution >= 4 is 50.5 Å². The van der Waals surface area contributed by atoms with Crippen LogP contribution in [0.25, 0.3) is 10.1 Å². The molecule has 1 aromatic heterocycles. The molecule has 27 heavy (non-hydrogen) atoms. The number of methoxy groups -OCH3 is 1. The van der Waals surface area contributed by atoms with Crippen LogP contribution in [-0.2, 0) is 11.2 Å². The van der Waals surface area contributed by atoms with Crippen LogP contribution in [0.1, 0.15) is 15.2 Å². The molecule has 0 bridgehead atoms. The van der Waals surface area contributed by atoms with Gasteiger partial charge in [-0.1, -0.05) is 23.7 Å². The molecule has 1 heterocycles. The summed E-state index contributed by atoms with van der Waals surface area (Å²) in [5, 5.41) is 4.11. The Kier molecular flexibility index (Phi) is 5.68. The van der Waals surface area contributed by atoms with Crippen molar-refractivity contribution in [3.05, 3.63) is 57.9 Å². The van der Waals surface area contributed by atoms with Gasteiger partial charge in [-0.05, 0) is 35.9 Å². The largest absolute Gasteiger partial charge is 0.497 e. The lowest BCUT2D eigenvalue weighted by Crippen LogP contribution is -2.23. The van der Waals surface area contributed by atoms with Gasteiger partial charge in [0.15, 0.2) is 0 Å². The Morgan fingerprint density at radius 1 is 1.15 bits per heavy atom. The number of benzene rings is 2. The fourth-order valence-electron chi connectivity index (χ4n) is 2.55. The van der Waals surface area contributed by atoms with E-state index in [2.05, 4.69) is 5.32 Å². The zero-order chi connectivity index (χ0) is 19.6. The molecule has 0 radical (unpaired) electrons. The molecule has 2 aromatic carbocycles. The van der Waals surface area contributed by atoms with Crippen LogP contribution in [-0.4, -0.2) is 37.9 Å². The molecule has 140 valence electrons. The fraction of sp³-hybridized carbons (Fsp3) is 0.200. The van der Waals surface area contributed by atoms with Gasteiger partial charge in [-0.3, -0.25) is 9.59 Å². The van der Waals surface area contributed by atoms with Crippen LogP contribution in [0.5, 0.6) is 5.75 Å². The number of thiophene rings is 1. The molecule has 3 aromatic rings. The first-order valence-electron chi connectivity index (χ1n) is 8.25. The maximum absolute atomic E-state index is 12.6. The van der Waals surface area contributed by atoms with Crippen molar-refractivity contribution in [1.29, 1.82) is 0 Å². The van der Waals surface area contributed by atoms with E-state index in [-0.39, 0.29) is 11.8 Å². The Labute approximate surface area is 166 Å². The van der Waals surface area contributed by atoms with Crippen LogP contribution in [0.2, 0.25) is 5.02 Å². The topological polar surface area (TPSA) is 58.6 Å². The van der Waals surface area contributed by atoms with Crippen molar-refractivity contribution in [2.45, 2.75) is 6.42 Å². The zero-order valence-electron chi connectivity index (χ0n) is 15.2. The smallest absolute Gasteiger partial charge is 0.267 e. The van der Waals surface area contributed by atoms with E-state index in [1.807, 2.05) is 30.3 Å². The number of amides is 2. The number of rotatable bonds is 5. The lowest BCUT2D eigenvalue weighted by molar-refractivity contribution is -0.127. The van der Waals surface area contributed by atoms with E-state index in [1.165, 1.54) is 11.3 Å². The predicted molar refractivity (Wildman–Crippen MR) is 110 cm³/mol. The van der Waals surface area contributed by atoms with Crippen molar-refractivity contribution in [3.63, 3.8) is 0 Å². The Bertz CT molecular complexity index is 996. The summed E-state index contributed by atoms with van der Waals surface area (Å²) in [7, 11) is 5.04. The second-order valence-electron chi connectivity index (χ2n) is 6.22. The molecule has 0 saturated carbocycles. The van der Waals surface area contributed by atoms with Gasteiger partial charge in [0, 0.05) is 29.9 Å². The highest BCUT2D eigenvalue weighted by atomic mass is 35.5. The summed E-state index contributed by atoms with van der Waals surface area (Å²) in [6, 6.07) is 12.7. The quantitative estimate of drug-likeness (QED) is 0.686. The van der Waals surface area contributed by atoms with Crippen molar-refractivity contribution < 1.29 is 14.3 Å². The van der Waals surface area contributed by atoms with Gasteiger partial charge in [-0.25, -0.2) is 0 Å². The number of hydrogen-bond acceptors (Lipinski definition) is 4. The average molecular weight is 403 g/mol. The van der Waals surface area contributed by atoms with E-state index in [4.69, 9.17) is 16.3 Å². The molecule has 7 heteroatoms. The summed E-state index contributed by atoms with van der Waals surface area (Å²) in [6.07, 6.45) is 0.325. The van der Waals surface area contributed by atoms with Gasteiger partial charge >= 0.3 is 0 Å². The number of carbonyl (C=O) groups excluding carboxylic acids is 2. The van der Waals surface area contributed by atoms with E-state index in [0.29, 0.717) is 22.0 Å². The van der Waals surface area contributed by atoms with Gasteiger partial charge in [0.25, 0.3) is 5.91 Å². The van der Waals surface area contributed by atoms with E-state index in [1.54, 1.807) is 38.2 Å². The minimum absolute atomic E-state index is 0.0271. The van der Waals surface area contributed by atoms with E-state index in [9.17, 15) is 9.59 Å². The Morgan fingerprint density at radius 3 is 2.48 bits per heavy atom. The molecule has 0 unspecified atom stereocenters. The van der Waals surface area contributed by atoms with Crippen molar-refractivity contribution in [1.82, 2.24) is 4.90 Å². The highest BCUT2D eigenvalue weighted by Gasteiger charge is 2.18. The Balaban J connectivity index is 1.76. The molecule has 1 N–H and O–H groups in total. The molecular formula is C20H19ClN2O3S. The highest BCUT2D eigenvalue weighted by Crippen LogP contribution is 2.37. The van der Waals surface area contributed by atoms with Crippen LogP contribution >= 0.6 is 22.9 Å². The summed E-state index contributed by atoms with van der Waals surface area (Å²) in [5.41, 5.74) is 1.53. The minimum Gasteiger partial charge on any atom is -0.497 e. The normalized spacial score (nSPS) is 10.7. The van der Waals surface area contributed by atoms with Gasteiger partial charge in [0.05, 0.1) is 18.6 Å². The lowest BCUT2D eigenvalue weighted by atomic mass is 10.1. The molecular weight excluding hydrogens is 384 g/mol. The van der Waals surface area contributed by atoms with Crippen LogP contribution in [0.4, 0.5) is 5.69 Å². The molecule has 3 rings (SSSR count). The number of ether oxygens (including phenoxy) is 1. The summed E-state index contributed by atoms with van der Waals surface area (Å²) in [4.78, 5) is 26.4. The van der Waals surface area contributed by atoms with Crippen molar-refractivity contribution in [2.75, 3.05) is 26.5 Å². The zero-order valence-corrected chi connectivity index (χ0v) is 16.8.